The predicted octanol–water partition coefficient (Wildman–Crippen LogP) is 1.82. The van der Waals surface area contributed by atoms with Crippen LogP contribution in [0.2, 0.25) is 5.15 Å². The lowest BCUT2D eigenvalue weighted by Gasteiger charge is -2.11. The van der Waals surface area contributed by atoms with E-state index in [1.54, 1.807) is 13.3 Å². The zero-order valence-electron chi connectivity index (χ0n) is 8.33. The van der Waals surface area contributed by atoms with Crippen LogP contribution in [0.3, 0.4) is 0 Å². The maximum Gasteiger partial charge on any atom is 0.149 e. The molecular formula is C9H14ClN3O. The van der Waals surface area contributed by atoms with Gasteiger partial charge in [0.15, 0.2) is 0 Å². The van der Waals surface area contributed by atoms with Gasteiger partial charge in [-0.25, -0.2) is 4.98 Å². The highest BCUT2D eigenvalue weighted by Crippen LogP contribution is 2.07. The van der Waals surface area contributed by atoms with Crippen LogP contribution in [0.4, 0.5) is 5.82 Å². The Morgan fingerprint density at radius 2 is 2.36 bits per heavy atom. The molecule has 4 nitrogen and oxygen atoms in total. The Hall–Kier alpha value is -0.870. The monoisotopic (exact) mass is 215 g/mol. The number of nitrogens with zero attached hydrogens (tertiary/aromatic N) is 2. The zero-order valence-corrected chi connectivity index (χ0v) is 9.08. The summed E-state index contributed by atoms with van der Waals surface area (Å²) in [5.41, 5.74) is 0. The zero-order chi connectivity index (χ0) is 10.4. The van der Waals surface area contributed by atoms with Crippen molar-refractivity contribution < 1.29 is 4.74 Å². The third-order valence-electron chi connectivity index (χ3n) is 1.69. The molecule has 78 valence electrons. The molecular weight excluding hydrogens is 202 g/mol. The molecule has 1 heterocycles. The molecule has 0 aliphatic carbocycles. The van der Waals surface area contributed by atoms with E-state index in [2.05, 4.69) is 22.2 Å². The van der Waals surface area contributed by atoms with Crippen LogP contribution in [0.5, 0.6) is 0 Å². The van der Waals surface area contributed by atoms with Crippen LogP contribution in [-0.2, 0) is 4.74 Å². The van der Waals surface area contributed by atoms with Gasteiger partial charge in [0.2, 0.25) is 0 Å². The molecule has 0 aliphatic rings. The van der Waals surface area contributed by atoms with Crippen molar-refractivity contribution in [3.05, 3.63) is 17.5 Å². The molecule has 0 aromatic carbocycles. The molecule has 0 bridgehead atoms. The lowest BCUT2D eigenvalue weighted by molar-refractivity contribution is 0.164. The second-order valence-electron chi connectivity index (χ2n) is 3.17. The summed E-state index contributed by atoms with van der Waals surface area (Å²) in [5, 5.41) is 3.53. The van der Waals surface area contributed by atoms with E-state index < -0.39 is 0 Å². The van der Waals surface area contributed by atoms with E-state index in [0.717, 1.165) is 13.2 Å². The highest BCUT2D eigenvalue weighted by molar-refractivity contribution is 6.29. The van der Waals surface area contributed by atoms with Crippen molar-refractivity contribution in [3.8, 4) is 0 Å². The number of anilines is 1. The summed E-state index contributed by atoms with van der Waals surface area (Å²) < 4.78 is 5.01. The molecule has 1 rings (SSSR count). The Bertz CT molecular complexity index is 283. The number of methoxy groups -OCH3 is 1. The molecule has 1 aromatic heterocycles. The highest BCUT2D eigenvalue weighted by Gasteiger charge is 2.01. The summed E-state index contributed by atoms with van der Waals surface area (Å²) in [6.45, 7) is 3.61. The molecule has 5 heteroatoms. The minimum atomic E-state index is 0.398. The summed E-state index contributed by atoms with van der Waals surface area (Å²) in [4.78, 5) is 7.98. The minimum Gasteiger partial charge on any atom is -0.384 e. The fourth-order valence-corrected chi connectivity index (χ4v) is 1.20. The number of halogens is 1. The van der Waals surface area contributed by atoms with Gasteiger partial charge in [-0.3, -0.25) is 4.98 Å². The van der Waals surface area contributed by atoms with Gasteiger partial charge in [-0.2, -0.15) is 0 Å². The first-order valence-corrected chi connectivity index (χ1v) is 4.80. The first-order valence-electron chi connectivity index (χ1n) is 4.42. The van der Waals surface area contributed by atoms with Crippen molar-refractivity contribution >= 4 is 17.4 Å². The van der Waals surface area contributed by atoms with Crippen LogP contribution in [0.25, 0.3) is 0 Å². The van der Waals surface area contributed by atoms with Crippen LogP contribution in [0.1, 0.15) is 6.92 Å². The Balaban J connectivity index is 2.37. The normalized spacial score (nSPS) is 12.5. The largest absolute Gasteiger partial charge is 0.384 e. The first kappa shape index (κ1) is 11.2. The Kier molecular flexibility index (Phi) is 4.62. The van der Waals surface area contributed by atoms with Gasteiger partial charge in [0.1, 0.15) is 11.0 Å². The second-order valence-corrected chi connectivity index (χ2v) is 3.56. The number of nitrogens with one attached hydrogen (secondary N) is 1. The van der Waals surface area contributed by atoms with Gasteiger partial charge in [0, 0.05) is 13.7 Å². The summed E-state index contributed by atoms with van der Waals surface area (Å²) >= 11 is 5.68. The Morgan fingerprint density at radius 3 is 3.00 bits per heavy atom. The lowest BCUT2D eigenvalue weighted by Crippen LogP contribution is -2.16. The van der Waals surface area contributed by atoms with Gasteiger partial charge in [0.05, 0.1) is 19.0 Å². The summed E-state index contributed by atoms with van der Waals surface area (Å²) in [7, 11) is 1.69. The molecule has 0 aliphatic heterocycles. The summed E-state index contributed by atoms with van der Waals surface area (Å²) in [5.74, 6) is 1.13. The van der Waals surface area contributed by atoms with E-state index in [-0.39, 0.29) is 0 Å². The van der Waals surface area contributed by atoms with Gasteiger partial charge >= 0.3 is 0 Å². The van der Waals surface area contributed by atoms with E-state index in [0.29, 0.717) is 16.9 Å². The average Bonchev–Trinajstić information content (AvgIpc) is 2.15. The highest BCUT2D eigenvalue weighted by atomic mass is 35.5. The fourth-order valence-electron chi connectivity index (χ4n) is 1.05. The summed E-state index contributed by atoms with van der Waals surface area (Å²) in [6.07, 6.45) is 3.15. The van der Waals surface area contributed by atoms with Crippen molar-refractivity contribution in [2.24, 2.45) is 5.92 Å². The van der Waals surface area contributed by atoms with Gasteiger partial charge < -0.3 is 10.1 Å². The fraction of sp³-hybridized carbons (Fsp3) is 0.556. The lowest BCUT2D eigenvalue weighted by atomic mass is 10.2. The number of aromatic nitrogens is 2. The van der Waals surface area contributed by atoms with E-state index in [4.69, 9.17) is 16.3 Å². The second kappa shape index (κ2) is 5.78. The minimum absolute atomic E-state index is 0.398. The van der Waals surface area contributed by atoms with E-state index in [1.165, 1.54) is 6.20 Å². The van der Waals surface area contributed by atoms with E-state index in [1.807, 2.05) is 0 Å². The first-order chi connectivity index (χ1) is 6.72. The SMILES string of the molecule is COCC(C)CNc1cncc(Cl)n1. The molecule has 0 spiro atoms. The van der Waals surface area contributed by atoms with Crippen molar-refractivity contribution in [1.29, 1.82) is 0 Å². The Labute approximate surface area is 88.7 Å². The third-order valence-corrected chi connectivity index (χ3v) is 1.87. The molecule has 1 atom stereocenters. The third kappa shape index (κ3) is 3.89. The van der Waals surface area contributed by atoms with Gasteiger partial charge in [-0.05, 0) is 5.92 Å². The van der Waals surface area contributed by atoms with Crippen molar-refractivity contribution in [1.82, 2.24) is 9.97 Å². The standard InChI is InChI=1S/C9H14ClN3O/c1-7(6-14-2)3-12-9-5-11-4-8(10)13-9/h4-5,7H,3,6H2,1-2H3,(H,12,13). The van der Waals surface area contributed by atoms with Crippen LogP contribution in [0.15, 0.2) is 12.4 Å². The van der Waals surface area contributed by atoms with E-state index in [9.17, 15) is 0 Å². The predicted molar refractivity (Wildman–Crippen MR) is 56.6 cm³/mol. The molecule has 14 heavy (non-hydrogen) atoms. The molecule has 1 N–H and O–H groups in total. The number of hydrogen-bond acceptors (Lipinski definition) is 4. The molecule has 0 saturated carbocycles. The smallest absolute Gasteiger partial charge is 0.149 e. The van der Waals surface area contributed by atoms with Crippen LogP contribution in [0, 0.1) is 5.92 Å². The molecule has 0 radical (unpaired) electrons. The molecule has 0 amide bonds. The Morgan fingerprint density at radius 1 is 1.57 bits per heavy atom. The van der Waals surface area contributed by atoms with Crippen molar-refractivity contribution in [2.75, 3.05) is 25.6 Å². The molecule has 1 unspecified atom stereocenters. The number of hydrogen-bond donors (Lipinski definition) is 1. The van der Waals surface area contributed by atoms with Gasteiger partial charge in [0.25, 0.3) is 0 Å². The van der Waals surface area contributed by atoms with Gasteiger partial charge in [-0.1, -0.05) is 18.5 Å². The topological polar surface area (TPSA) is 47.0 Å². The maximum atomic E-state index is 5.68. The quantitative estimate of drug-likeness (QED) is 0.814. The van der Waals surface area contributed by atoms with Crippen LogP contribution in [-0.4, -0.2) is 30.2 Å². The average molecular weight is 216 g/mol. The van der Waals surface area contributed by atoms with Gasteiger partial charge in [-0.15, -0.1) is 0 Å². The molecule has 1 aromatic rings. The van der Waals surface area contributed by atoms with Crippen LogP contribution >= 0.6 is 11.6 Å². The molecule has 0 saturated heterocycles. The van der Waals surface area contributed by atoms with Crippen LogP contribution < -0.4 is 5.32 Å². The summed E-state index contributed by atoms with van der Waals surface area (Å²) in [6, 6.07) is 0. The van der Waals surface area contributed by atoms with Crippen molar-refractivity contribution in [3.63, 3.8) is 0 Å². The maximum absolute atomic E-state index is 5.68. The molecule has 0 fully saturated rings. The van der Waals surface area contributed by atoms with Crippen molar-refractivity contribution in [2.45, 2.75) is 6.92 Å². The number of rotatable bonds is 5. The van der Waals surface area contributed by atoms with E-state index >= 15 is 0 Å². The number of ether oxygens (including phenoxy) is 1.